The normalized spacial score (nSPS) is 14.2. The molecule has 0 N–H and O–H groups in total. The molecule has 0 aromatic rings. The van der Waals surface area contributed by atoms with E-state index in [0.29, 0.717) is 0 Å². The van der Waals surface area contributed by atoms with Gasteiger partial charge in [0.2, 0.25) is 0 Å². The smallest absolute Gasteiger partial charge is 0.167 e. The van der Waals surface area contributed by atoms with Gasteiger partial charge in [-0.2, -0.15) is 0 Å². The molecule has 0 aliphatic carbocycles. The highest BCUT2D eigenvalue weighted by Crippen LogP contribution is 2.27. The van der Waals surface area contributed by atoms with E-state index in [4.69, 9.17) is 9.47 Å². The van der Waals surface area contributed by atoms with Crippen molar-refractivity contribution in [1.82, 2.24) is 0 Å². The summed E-state index contributed by atoms with van der Waals surface area (Å²) in [6.45, 7) is 10.0. The summed E-state index contributed by atoms with van der Waals surface area (Å²) < 4.78 is 11.6. The monoisotopic (exact) mass is 246 g/mol. The van der Waals surface area contributed by atoms with Crippen LogP contribution in [0, 0.1) is 0 Å². The zero-order valence-corrected chi connectivity index (χ0v) is 13.8. The van der Waals surface area contributed by atoms with Crippen molar-refractivity contribution in [3.05, 3.63) is 0 Å². The highest BCUT2D eigenvalue weighted by Gasteiger charge is 2.28. The van der Waals surface area contributed by atoms with Crippen LogP contribution in [0.1, 0.15) is 59.8 Å². The Kier molecular flexibility index (Phi) is 9.28. The molecule has 0 rings (SSSR count). The quantitative estimate of drug-likeness (QED) is 0.436. The molecule has 0 spiro atoms. The summed E-state index contributed by atoms with van der Waals surface area (Å²) in [5.74, 6) is -0.307. The molecule has 0 radical (unpaired) electrons. The van der Waals surface area contributed by atoms with E-state index in [-0.39, 0.29) is 5.79 Å². The molecule has 98 valence electrons. The van der Waals surface area contributed by atoms with Crippen LogP contribution in [0.4, 0.5) is 0 Å². The lowest BCUT2D eigenvalue weighted by Crippen LogP contribution is -2.35. The Morgan fingerprint density at radius 2 is 1.62 bits per heavy atom. The molecule has 2 nitrogen and oxygen atoms in total. The summed E-state index contributed by atoms with van der Waals surface area (Å²) in [6.07, 6.45) is 5.89. The van der Waals surface area contributed by atoms with Crippen molar-refractivity contribution in [1.29, 1.82) is 0 Å². The van der Waals surface area contributed by atoms with E-state index in [0.717, 1.165) is 31.6 Å². The van der Waals surface area contributed by atoms with Crippen molar-refractivity contribution in [2.45, 2.75) is 71.1 Å². The van der Waals surface area contributed by atoms with E-state index < -0.39 is 0 Å². The molecule has 1 unspecified atom stereocenters. The van der Waals surface area contributed by atoms with E-state index in [1.54, 1.807) is 0 Å². The highest BCUT2D eigenvalue weighted by molar-refractivity contribution is 6.11. The van der Waals surface area contributed by atoms with Crippen molar-refractivity contribution in [3.8, 4) is 0 Å². The van der Waals surface area contributed by atoms with Crippen molar-refractivity contribution >= 4 is 10.2 Å². The molecule has 0 heterocycles. The molecule has 0 aliphatic rings. The molecule has 16 heavy (non-hydrogen) atoms. The zero-order valence-electron chi connectivity index (χ0n) is 11.8. The Hall–Kier alpha value is 0.137. The van der Waals surface area contributed by atoms with Gasteiger partial charge < -0.3 is 9.47 Å². The van der Waals surface area contributed by atoms with Crippen LogP contribution in [-0.2, 0) is 9.47 Å². The molecular formula is C13H30O2Si. The van der Waals surface area contributed by atoms with Crippen LogP contribution in [0.5, 0.6) is 0 Å². The Balaban J connectivity index is 4.08. The number of hydrogen-bond donors (Lipinski definition) is 0. The van der Waals surface area contributed by atoms with Crippen LogP contribution < -0.4 is 0 Å². The first-order valence-electron chi connectivity index (χ1n) is 6.91. The van der Waals surface area contributed by atoms with Gasteiger partial charge >= 0.3 is 0 Å². The van der Waals surface area contributed by atoms with Gasteiger partial charge in [-0.15, -0.1) is 0 Å². The van der Waals surface area contributed by atoms with Gasteiger partial charge in [-0.05, 0) is 26.7 Å². The number of hydrogen-bond acceptors (Lipinski definition) is 2. The van der Waals surface area contributed by atoms with Crippen LogP contribution in [-0.4, -0.2) is 29.2 Å². The van der Waals surface area contributed by atoms with Crippen LogP contribution in [0.2, 0.25) is 5.54 Å². The summed E-state index contributed by atoms with van der Waals surface area (Å²) in [6, 6.07) is 0. The van der Waals surface area contributed by atoms with Gasteiger partial charge in [0.15, 0.2) is 5.79 Å². The van der Waals surface area contributed by atoms with E-state index in [2.05, 4.69) is 13.8 Å². The van der Waals surface area contributed by atoms with Gasteiger partial charge in [-0.3, -0.25) is 0 Å². The summed E-state index contributed by atoms with van der Waals surface area (Å²) >= 11 is 0. The highest BCUT2D eigenvalue weighted by atomic mass is 28.1. The second kappa shape index (κ2) is 9.20. The van der Waals surface area contributed by atoms with E-state index >= 15 is 0 Å². The largest absolute Gasteiger partial charge is 0.350 e. The fraction of sp³-hybridized carbons (Fsp3) is 1.00. The third kappa shape index (κ3) is 6.02. The molecule has 0 aromatic heterocycles. The lowest BCUT2D eigenvalue weighted by atomic mass is 10.0. The maximum Gasteiger partial charge on any atom is 0.167 e. The molecule has 0 bridgehead atoms. The van der Waals surface area contributed by atoms with Crippen LogP contribution in [0.15, 0.2) is 0 Å². The standard InChI is InChI=1S/C13H30O2Si/c1-5-12(16)10-9-11-13(6-2,14-7-3)15-8-4/h12H,5-11H2,1-4,16H3. The van der Waals surface area contributed by atoms with Crippen LogP contribution in [0.25, 0.3) is 0 Å². The van der Waals surface area contributed by atoms with Crippen LogP contribution >= 0.6 is 0 Å². The summed E-state index contributed by atoms with van der Waals surface area (Å²) in [7, 11) is 1.32. The lowest BCUT2D eigenvalue weighted by Gasteiger charge is -2.32. The van der Waals surface area contributed by atoms with E-state index in [1.165, 1.54) is 29.5 Å². The van der Waals surface area contributed by atoms with Gasteiger partial charge in [0.25, 0.3) is 0 Å². The average molecular weight is 246 g/mol. The summed E-state index contributed by atoms with van der Waals surface area (Å²) in [5.41, 5.74) is 0.956. The van der Waals surface area contributed by atoms with Gasteiger partial charge in [0.1, 0.15) is 0 Å². The third-order valence-electron chi connectivity index (χ3n) is 3.30. The topological polar surface area (TPSA) is 18.5 Å². The molecule has 0 saturated carbocycles. The molecule has 0 saturated heterocycles. The molecular weight excluding hydrogens is 216 g/mol. The Morgan fingerprint density at radius 3 is 2.00 bits per heavy atom. The molecule has 0 aliphatic heterocycles. The second-order valence-corrected chi connectivity index (χ2v) is 6.17. The fourth-order valence-electron chi connectivity index (χ4n) is 2.02. The molecule has 0 fully saturated rings. The van der Waals surface area contributed by atoms with Crippen molar-refractivity contribution in [3.63, 3.8) is 0 Å². The van der Waals surface area contributed by atoms with Crippen molar-refractivity contribution in [2.24, 2.45) is 0 Å². The average Bonchev–Trinajstić information content (AvgIpc) is 2.29. The third-order valence-corrected chi connectivity index (χ3v) is 4.70. The first-order chi connectivity index (χ1) is 7.64. The van der Waals surface area contributed by atoms with Gasteiger partial charge in [-0.1, -0.05) is 32.2 Å². The fourth-order valence-corrected chi connectivity index (χ4v) is 2.43. The molecule has 1 atom stereocenters. The van der Waals surface area contributed by atoms with Gasteiger partial charge in [0.05, 0.1) is 0 Å². The second-order valence-electron chi connectivity index (χ2n) is 4.54. The SMILES string of the molecule is CCOC(CC)(CCCC([SiH3])CC)OCC. The van der Waals surface area contributed by atoms with Crippen LogP contribution in [0.3, 0.4) is 0 Å². The lowest BCUT2D eigenvalue weighted by molar-refractivity contribution is -0.239. The van der Waals surface area contributed by atoms with E-state index in [9.17, 15) is 0 Å². The van der Waals surface area contributed by atoms with Crippen molar-refractivity contribution < 1.29 is 9.47 Å². The molecule has 0 aromatic carbocycles. The Morgan fingerprint density at radius 1 is 1.06 bits per heavy atom. The maximum absolute atomic E-state index is 5.82. The minimum atomic E-state index is -0.307. The number of rotatable bonds is 10. The van der Waals surface area contributed by atoms with Gasteiger partial charge in [0, 0.05) is 29.9 Å². The first-order valence-corrected chi connectivity index (χ1v) is 8.07. The van der Waals surface area contributed by atoms with Gasteiger partial charge in [-0.25, -0.2) is 0 Å². The first kappa shape index (κ1) is 16.1. The molecule has 3 heteroatoms. The van der Waals surface area contributed by atoms with E-state index in [1.807, 2.05) is 13.8 Å². The minimum Gasteiger partial charge on any atom is -0.350 e. The Labute approximate surface area is 105 Å². The zero-order chi connectivity index (χ0) is 12.4. The van der Waals surface area contributed by atoms with Crippen molar-refractivity contribution in [2.75, 3.05) is 13.2 Å². The minimum absolute atomic E-state index is 0.307. The predicted octanol–water partition coefficient (Wildman–Crippen LogP) is 2.90. The Bertz CT molecular complexity index is 156. The maximum atomic E-state index is 5.82. The summed E-state index contributed by atoms with van der Waals surface area (Å²) in [4.78, 5) is 0. The summed E-state index contributed by atoms with van der Waals surface area (Å²) in [5, 5.41) is 0. The molecule has 0 amide bonds. The number of ether oxygens (including phenoxy) is 2. The predicted molar refractivity (Wildman–Crippen MR) is 74.1 cm³/mol.